The fourth-order valence-electron chi connectivity index (χ4n) is 6.36. The van der Waals surface area contributed by atoms with Crippen molar-refractivity contribution in [3.8, 4) is 5.75 Å². The van der Waals surface area contributed by atoms with Crippen molar-refractivity contribution in [1.29, 1.82) is 0 Å². The van der Waals surface area contributed by atoms with Crippen molar-refractivity contribution >= 4 is 16.9 Å². The normalized spacial score (nSPS) is 25.9. The van der Waals surface area contributed by atoms with E-state index in [1.165, 1.54) is 25.7 Å². The molecule has 3 aliphatic rings. The number of ether oxygens (including phenoxy) is 1. The zero-order chi connectivity index (χ0) is 23.7. The summed E-state index contributed by atoms with van der Waals surface area (Å²) in [5, 5.41) is 21.9. The predicted molar refractivity (Wildman–Crippen MR) is 131 cm³/mol. The molecule has 0 spiro atoms. The number of carboxylic acids is 1. The zero-order valence-electron chi connectivity index (χ0n) is 20.1. The Labute approximate surface area is 201 Å². The van der Waals surface area contributed by atoms with Crippen LogP contribution in [0.5, 0.6) is 5.75 Å². The molecule has 3 fully saturated rings. The molecule has 34 heavy (non-hydrogen) atoms. The van der Waals surface area contributed by atoms with Gasteiger partial charge in [-0.25, -0.2) is 0 Å². The first-order chi connectivity index (χ1) is 16.5. The Hall–Kier alpha value is -2.22. The summed E-state index contributed by atoms with van der Waals surface area (Å²) >= 11 is 0. The molecule has 1 saturated carbocycles. The van der Waals surface area contributed by atoms with Crippen LogP contribution in [0.1, 0.15) is 56.6 Å². The van der Waals surface area contributed by atoms with Gasteiger partial charge in [0.2, 0.25) is 0 Å². The number of hydrogen-bond donors (Lipinski definition) is 2. The van der Waals surface area contributed by atoms with Crippen LogP contribution in [-0.2, 0) is 4.79 Å². The molecule has 2 saturated heterocycles. The van der Waals surface area contributed by atoms with Crippen LogP contribution in [0.15, 0.2) is 30.5 Å². The first-order valence-electron chi connectivity index (χ1n) is 12.8. The molecular formula is C27H37N3O4. The van der Waals surface area contributed by atoms with Crippen molar-refractivity contribution in [2.45, 2.75) is 63.1 Å². The predicted octanol–water partition coefficient (Wildman–Crippen LogP) is 3.71. The van der Waals surface area contributed by atoms with Crippen molar-refractivity contribution in [3.63, 3.8) is 0 Å². The Morgan fingerprint density at radius 1 is 1.12 bits per heavy atom. The number of piperidine rings is 1. The van der Waals surface area contributed by atoms with Gasteiger partial charge in [-0.2, -0.15) is 0 Å². The van der Waals surface area contributed by atoms with Crippen LogP contribution < -0.4 is 4.74 Å². The van der Waals surface area contributed by atoms with Gasteiger partial charge >= 0.3 is 5.97 Å². The largest absolute Gasteiger partial charge is 0.497 e. The highest BCUT2D eigenvalue weighted by Gasteiger charge is 2.42. The van der Waals surface area contributed by atoms with E-state index in [2.05, 4.69) is 14.8 Å². The number of likely N-dealkylation sites (tertiary alicyclic amines) is 2. The van der Waals surface area contributed by atoms with Gasteiger partial charge in [0, 0.05) is 43.3 Å². The van der Waals surface area contributed by atoms with Crippen molar-refractivity contribution in [3.05, 3.63) is 36.0 Å². The number of nitrogens with zero attached hydrogens (tertiary/aromatic N) is 3. The number of rotatable bonds is 8. The Morgan fingerprint density at radius 2 is 1.91 bits per heavy atom. The lowest BCUT2D eigenvalue weighted by atomic mass is 9.80. The minimum atomic E-state index is -0.699. The summed E-state index contributed by atoms with van der Waals surface area (Å²) in [5.74, 6) is -0.238. The van der Waals surface area contributed by atoms with Gasteiger partial charge in [-0.15, -0.1) is 0 Å². The fraction of sp³-hybridized carbons (Fsp3) is 0.630. The number of carboxylic acid groups (broad SMARTS) is 1. The molecule has 1 aromatic heterocycles. The average molecular weight is 468 g/mol. The molecule has 7 heteroatoms. The molecule has 7 nitrogen and oxygen atoms in total. The summed E-state index contributed by atoms with van der Waals surface area (Å²) < 4.78 is 5.35. The third-order valence-electron chi connectivity index (χ3n) is 8.50. The number of aromatic nitrogens is 1. The molecule has 2 aliphatic heterocycles. The molecule has 1 unspecified atom stereocenters. The van der Waals surface area contributed by atoms with E-state index in [9.17, 15) is 15.0 Å². The van der Waals surface area contributed by atoms with Crippen LogP contribution in [-0.4, -0.2) is 76.3 Å². The molecule has 3 atom stereocenters. The van der Waals surface area contributed by atoms with Gasteiger partial charge < -0.3 is 14.9 Å². The van der Waals surface area contributed by atoms with Crippen molar-refractivity contribution in [2.75, 3.05) is 33.3 Å². The standard InChI is InChI=1S/C27H37N3O4/c1-34-21-7-8-25-23(14-21)22(10-12-28-25)26(31)9-6-18-11-13-29(17-24(18)27(32)33)20-15-30(16-20)19-4-2-3-5-19/h7-8,10,12,14,18-20,24,26,31H,2-6,9,11,13,15-17H2,1H3,(H,32,33)/t18-,24+,26?/m1/s1. The van der Waals surface area contributed by atoms with Crippen molar-refractivity contribution < 1.29 is 19.7 Å². The Bertz CT molecular complexity index is 1000. The van der Waals surface area contributed by atoms with Crippen LogP contribution >= 0.6 is 0 Å². The summed E-state index contributed by atoms with van der Waals surface area (Å²) in [6.07, 6.45) is 8.57. The van der Waals surface area contributed by atoms with Crippen molar-refractivity contribution in [2.24, 2.45) is 11.8 Å². The second kappa shape index (κ2) is 10.2. The van der Waals surface area contributed by atoms with E-state index in [1.54, 1.807) is 13.3 Å². The third-order valence-corrected chi connectivity index (χ3v) is 8.50. The summed E-state index contributed by atoms with van der Waals surface area (Å²) in [6.45, 7) is 3.79. The van der Waals surface area contributed by atoms with E-state index in [4.69, 9.17) is 4.74 Å². The lowest BCUT2D eigenvalue weighted by Crippen LogP contribution is -2.64. The number of benzene rings is 1. The van der Waals surface area contributed by atoms with Crippen LogP contribution in [0.4, 0.5) is 0 Å². The number of fused-ring (bicyclic) bond motifs is 1. The summed E-state index contributed by atoms with van der Waals surface area (Å²) in [6, 6.07) is 8.80. The number of aliphatic carboxylic acids is 1. The monoisotopic (exact) mass is 467 g/mol. The van der Waals surface area contributed by atoms with Gasteiger partial charge in [0.1, 0.15) is 5.75 Å². The maximum atomic E-state index is 12.2. The first kappa shape index (κ1) is 23.5. The fourth-order valence-corrected chi connectivity index (χ4v) is 6.36. The SMILES string of the molecule is COc1ccc2nccc(C(O)CC[C@@H]3CCN(C4CN(C5CCCC5)C4)C[C@@H]3C(=O)O)c2c1. The van der Waals surface area contributed by atoms with Gasteiger partial charge in [0.25, 0.3) is 0 Å². The topological polar surface area (TPSA) is 86.1 Å². The van der Waals surface area contributed by atoms with Crippen molar-refractivity contribution in [1.82, 2.24) is 14.8 Å². The van der Waals surface area contributed by atoms with Gasteiger partial charge in [-0.05, 0) is 74.4 Å². The molecule has 5 rings (SSSR count). The van der Waals surface area contributed by atoms with Crippen LogP contribution in [0, 0.1) is 11.8 Å². The number of aliphatic hydroxyl groups is 1. The zero-order valence-corrected chi connectivity index (χ0v) is 20.1. The Balaban J connectivity index is 1.19. The number of aliphatic hydroxyl groups excluding tert-OH is 1. The van der Waals surface area contributed by atoms with E-state index < -0.39 is 12.1 Å². The summed E-state index contributed by atoms with van der Waals surface area (Å²) in [5.41, 5.74) is 1.65. The lowest BCUT2D eigenvalue weighted by molar-refractivity contribution is -0.148. The number of carbonyl (C=O) groups is 1. The maximum Gasteiger partial charge on any atom is 0.308 e. The smallest absolute Gasteiger partial charge is 0.308 e. The quantitative estimate of drug-likeness (QED) is 0.612. The molecule has 0 amide bonds. The number of pyridine rings is 1. The maximum absolute atomic E-state index is 12.2. The molecule has 184 valence electrons. The van der Waals surface area contributed by atoms with Crippen LogP contribution in [0.3, 0.4) is 0 Å². The summed E-state index contributed by atoms with van der Waals surface area (Å²) in [4.78, 5) is 21.6. The van der Waals surface area contributed by atoms with E-state index >= 15 is 0 Å². The number of hydrogen-bond acceptors (Lipinski definition) is 6. The highest BCUT2D eigenvalue weighted by molar-refractivity contribution is 5.83. The minimum absolute atomic E-state index is 0.0945. The molecule has 0 bridgehead atoms. The van der Waals surface area contributed by atoms with Crippen LogP contribution in [0.2, 0.25) is 0 Å². The van der Waals surface area contributed by atoms with E-state index in [0.29, 0.717) is 25.4 Å². The average Bonchev–Trinajstić information content (AvgIpc) is 3.35. The molecule has 1 aromatic carbocycles. The molecular weight excluding hydrogens is 430 g/mol. The van der Waals surface area contributed by atoms with E-state index in [1.807, 2.05) is 24.3 Å². The molecule has 3 heterocycles. The molecule has 1 aliphatic carbocycles. The second-order valence-corrected chi connectivity index (χ2v) is 10.4. The number of methoxy groups -OCH3 is 1. The van der Waals surface area contributed by atoms with Gasteiger partial charge in [0.05, 0.1) is 24.6 Å². The first-order valence-corrected chi connectivity index (χ1v) is 12.8. The van der Waals surface area contributed by atoms with E-state index in [0.717, 1.165) is 54.3 Å². The Kier molecular flexibility index (Phi) is 7.04. The molecule has 2 aromatic rings. The van der Waals surface area contributed by atoms with Gasteiger partial charge in [0.15, 0.2) is 0 Å². The highest BCUT2D eigenvalue weighted by atomic mass is 16.5. The lowest BCUT2D eigenvalue weighted by Gasteiger charge is -2.51. The summed E-state index contributed by atoms with van der Waals surface area (Å²) in [7, 11) is 1.63. The van der Waals surface area contributed by atoms with Gasteiger partial charge in [-0.1, -0.05) is 12.8 Å². The van der Waals surface area contributed by atoms with Gasteiger partial charge in [-0.3, -0.25) is 19.6 Å². The van der Waals surface area contributed by atoms with E-state index in [-0.39, 0.29) is 11.8 Å². The molecule has 0 radical (unpaired) electrons. The minimum Gasteiger partial charge on any atom is -0.497 e. The third kappa shape index (κ3) is 4.79. The van der Waals surface area contributed by atoms with Crippen LogP contribution in [0.25, 0.3) is 10.9 Å². The highest BCUT2D eigenvalue weighted by Crippen LogP contribution is 2.36. The second-order valence-electron chi connectivity index (χ2n) is 10.4. The Morgan fingerprint density at radius 3 is 2.65 bits per heavy atom. The molecule has 2 N–H and O–H groups in total.